The Labute approximate surface area is 147 Å². The van der Waals surface area contributed by atoms with Crippen molar-refractivity contribution in [1.29, 1.82) is 0 Å². The van der Waals surface area contributed by atoms with Crippen LogP contribution in [-0.4, -0.2) is 45.1 Å². The number of aromatic nitrogens is 2. The Morgan fingerprint density at radius 1 is 1.24 bits per heavy atom. The number of benzene rings is 1. The van der Waals surface area contributed by atoms with Crippen molar-refractivity contribution >= 4 is 23.0 Å². The molecule has 1 N–H and O–H groups in total. The van der Waals surface area contributed by atoms with E-state index >= 15 is 0 Å². The number of nitrogens with one attached hydrogen (secondary N) is 1. The Kier molecular flexibility index (Phi) is 4.65. The van der Waals surface area contributed by atoms with Crippen LogP contribution in [0.3, 0.4) is 0 Å². The van der Waals surface area contributed by atoms with Crippen molar-refractivity contribution in [3.05, 3.63) is 30.1 Å². The second-order valence-corrected chi connectivity index (χ2v) is 7.19. The summed E-state index contributed by atoms with van der Waals surface area (Å²) >= 11 is 0. The molecule has 1 saturated heterocycles. The zero-order chi connectivity index (χ0) is 18.0. The number of rotatable bonds is 4. The van der Waals surface area contributed by atoms with Crippen molar-refractivity contribution in [3.63, 3.8) is 0 Å². The van der Waals surface area contributed by atoms with E-state index in [-0.39, 0.29) is 19.0 Å². The van der Waals surface area contributed by atoms with Crippen LogP contribution < -0.4 is 5.32 Å². The molecule has 0 bridgehead atoms. The van der Waals surface area contributed by atoms with Crippen LogP contribution in [0.2, 0.25) is 0 Å². The molecule has 25 heavy (non-hydrogen) atoms. The third-order valence-corrected chi connectivity index (χ3v) is 4.03. The lowest BCUT2D eigenvalue weighted by molar-refractivity contribution is -0.135. The number of hydrogen-bond acceptors (Lipinski definition) is 4. The third kappa shape index (κ3) is 4.10. The third-order valence-electron chi connectivity index (χ3n) is 4.03. The molecule has 1 fully saturated rings. The molecule has 0 unspecified atom stereocenters. The topological polar surface area (TPSA) is 76.5 Å². The number of hydrogen-bond donors (Lipinski definition) is 1. The largest absolute Gasteiger partial charge is 0.444 e. The van der Waals surface area contributed by atoms with E-state index in [0.717, 1.165) is 30.5 Å². The summed E-state index contributed by atoms with van der Waals surface area (Å²) in [6.45, 7) is 7.51. The Hall–Kier alpha value is -2.57. The summed E-state index contributed by atoms with van der Waals surface area (Å²) < 4.78 is 7.13. The number of imidazole rings is 1. The Morgan fingerprint density at radius 3 is 2.60 bits per heavy atom. The van der Waals surface area contributed by atoms with Gasteiger partial charge in [0.1, 0.15) is 18.0 Å². The number of para-hydroxylation sites is 2. The smallest absolute Gasteiger partial charge is 0.408 e. The minimum Gasteiger partial charge on any atom is -0.444 e. The summed E-state index contributed by atoms with van der Waals surface area (Å²) in [6, 6.07) is 7.65. The van der Waals surface area contributed by atoms with Crippen molar-refractivity contribution in [3.8, 4) is 0 Å². The number of carbonyl (C=O) groups is 2. The summed E-state index contributed by atoms with van der Waals surface area (Å²) in [5.41, 5.74) is 1.13. The lowest BCUT2D eigenvalue weighted by atomic mass is 10.2. The van der Waals surface area contributed by atoms with Gasteiger partial charge in [0.05, 0.1) is 17.6 Å². The quantitative estimate of drug-likeness (QED) is 0.923. The maximum atomic E-state index is 12.4. The van der Waals surface area contributed by atoms with E-state index in [1.165, 1.54) is 0 Å². The van der Waals surface area contributed by atoms with Crippen molar-refractivity contribution < 1.29 is 14.3 Å². The summed E-state index contributed by atoms with van der Waals surface area (Å²) in [6.07, 6.45) is 0.559. The van der Waals surface area contributed by atoms with E-state index in [1.807, 2.05) is 54.5 Å². The fourth-order valence-electron chi connectivity index (χ4n) is 2.70. The van der Waals surface area contributed by atoms with Crippen LogP contribution in [0.15, 0.2) is 24.3 Å². The fourth-order valence-corrected chi connectivity index (χ4v) is 2.70. The summed E-state index contributed by atoms with van der Waals surface area (Å²) in [5.74, 6) is 0.717. The SMILES string of the molecule is CC(C)(C)OC(=O)NCc1nc2ccccc2n1CC(=O)N1CCC1. The van der Waals surface area contributed by atoms with Gasteiger partial charge in [-0.15, -0.1) is 0 Å². The average Bonchev–Trinajstić information content (AvgIpc) is 2.80. The molecular formula is C18H24N4O3. The van der Waals surface area contributed by atoms with Gasteiger partial charge in [-0.1, -0.05) is 12.1 Å². The van der Waals surface area contributed by atoms with Crippen molar-refractivity contribution in [2.45, 2.75) is 45.9 Å². The number of alkyl carbamates (subject to hydrolysis) is 1. The number of carbonyl (C=O) groups excluding carboxylic acids is 2. The lowest BCUT2D eigenvalue weighted by Crippen LogP contribution is -2.44. The Morgan fingerprint density at radius 2 is 1.96 bits per heavy atom. The van der Waals surface area contributed by atoms with Crippen LogP contribution in [0.4, 0.5) is 4.79 Å². The fraction of sp³-hybridized carbons (Fsp3) is 0.500. The van der Waals surface area contributed by atoms with Crippen LogP contribution in [0.5, 0.6) is 0 Å². The first-order valence-electron chi connectivity index (χ1n) is 8.52. The maximum absolute atomic E-state index is 12.4. The predicted octanol–water partition coefficient (Wildman–Crippen LogP) is 2.29. The minimum absolute atomic E-state index is 0.0768. The normalized spacial score (nSPS) is 14.3. The highest BCUT2D eigenvalue weighted by Gasteiger charge is 2.23. The molecule has 2 aromatic rings. The lowest BCUT2D eigenvalue weighted by Gasteiger charge is -2.31. The molecule has 0 aliphatic carbocycles. The van der Waals surface area contributed by atoms with Gasteiger partial charge >= 0.3 is 6.09 Å². The molecule has 0 atom stereocenters. The number of likely N-dealkylation sites (tertiary alicyclic amines) is 1. The molecule has 7 nitrogen and oxygen atoms in total. The Balaban J connectivity index is 1.77. The standard InChI is InChI=1S/C18H24N4O3/c1-18(2,3)25-17(24)19-11-15-20-13-7-4-5-8-14(13)22(15)12-16(23)21-9-6-10-21/h4-5,7-8H,6,9-12H2,1-3H3,(H,19,24). The molecule has 3 rings (SSSR count). The molecule has 2 heterocycles. The number of fused-ring (bicyclic) bond motifs is 1. The van der Waals surface area contributed by atoms with Gasteiger partial charge in [-0.2, -0.15) is 0 Å². The second-order valence-electron chi connectivity index (χ2n) is 7.19. The van der Waals surface area contributed by atoms with E-state index in [2.05, 4.69) is 10.3 Å². The summed E-state index contributed by atoms with van der Waals surface area (Å²) in [7, 11) is 0. The van der Waals surface area contributed by atoms with Gasteiger partial charge in [-0.25, -0.2) is 9.78 Å². The molecule has 2 amide bonds. The molecule has 0 radical (unpaired) electrons. The first kappa shape index (κ1) is 17.3. The van der Waals surface area contributed by atoms with Gasteiger partial charge in [0.25, 0.3) is 0 Å². The van der Waals surface area contributed by atoms with Crippen LogP contribution in [0, 0.1) is 0 Å². The zero-order valence-corrected chi connectivity index (χ0v) is 14.9. The van der Waals surface area contributed by atoms with E-state index < -0.39 is 11.7 Å². The van der Waals surface area contributed by atoms with Gasteiger partial charge in [0, 0.05) is 13.1 Å². The minimum atomic E-state index is -0.558. The number of nitrogens with zero attached hydrogens (tertiary/aromatic N) is 3. The Bertz CT molecular complexity index is 787. The second kappa shape index (κ2) is 6.74. The first-order chi connectivity index (χ1) is 11.8. The molecule has 0 spiro atoms. The highest BCUT2D eigenvalue weighted by atomic mass is 16.6. The summed E-state index contributed by atoms with van der Waals surface area (Å²) in [4.78, 5) is 30.7. The highest BCUT2D eigenvalue weighted by molar-refractivity contribution is 5.81. The molecule has 1 aromatic carbocycles. The van der Waals surface area contributed by atoms with Crippen LogP contribution >= 0.6 is 0 Å². The van der Waals surface area contributed by atoms with Gasteiger partial charge in [-0.3, -0.25) is 4.79 Å². The van der Waals surface area contributed by atoms with Crippen LogP contribution in [0.25, 0.3) is 11.0 Å². The number of amides is 2. The molecular weight excluding hydrogens is 320 g/mol. The van der Waals surface area contributed by atoms with Gasteiger partial charge in [0.15, 0.2) is 0 Å². The van der Waals surface area contributed by atoms with Crippen LogP contribution in [0.1, 0.15) is 33.0 Å². The van der Waals surface area contributed by atoms with Gasteiger partial charge in [-0.05, 0) is 39.3 Å². The van der Waals surface area contributed by atoms with E-state index in [0.29, 0.717) is 5.82 Å². The predicted molar refractivity (Wildman–Crippen MR) is 94.0 cm³/mol. The number of ether oxygens (including phenoxy) is 1. The van der Waals surface area contributed by atoms with E-state index in [9.17, 15) is 9.59 Å². The monoisotopic (exact) mass is 344 g/mol. The highest BCUT2D eigenvalue weighted by Crippen LogP contribution is 2.18. The van der Waals surface area contributed by atoms with Crippen LogP contribution in [-0.2, 0) is 22.6 Å². The zero-order valence-electron chi connectivity index (χ0n) is 14.9. The van der Waals surface area contributed by atoms with Gasteiger partial charge in [0.2, 0.25) is 5.91 Å². The summed E-state index contributed by atoms with van der Waals surface area (Å²) in [5, 5.41) is 2.72. The average molecular weight is 344 g/mol. The van der Waals surface area contributed by atoms with E-state index in [1.54, 1.807) is 0 Å². The van der Waals surface area contributed by atoms with Gasteiger partial charge < -0.3 is 19.5 Å². The van der Waals surface area contributed by atoms with E-state index in [4.69, 9.17) is 4.74 Å². The first-order valence-corrected chi connectivity index (χ1v) is 8.52. The molecule has 1 aliphatic rings. The van der Waals surface area contributed by atoms with Crippen molar-refractivity contribution in [1.82, 2.24) is 19.8 Å². The van der Waals surface area contributed by atoms with Crippen molar-refractivity contribution in [2.24, 2.45) is 0 Å². The molecule has 1 aliphatic heterocycles. The molecule has 1 aromatic heterocycles. The van der Waals surface area contributed by atoms with Crippen molar-refractivity contribution in [2.75, 3.05) is 13.1 Å². The molecule has 7 heteroatoms. The molecule has 0 saturated carbocycles. The maximum Gasteiger partial charge on any atom is 0.408 e. The molecule has 134 valence electrons.